The summed E-state index contributed by atoms with van der Waals surface area (Å²) >= 11 is 0. The van der Waals surface area contributed by atoms with E-state index in [1.54, 1.807) is 7.05 Å². The maximum atomic E-state index is 12.3. The van der Waals surface area contributed by atoms with Crippen LogP contribution in [0.4, 0.5) is 0 Å². The van der Waals surface area contributed by atoms with Gasteiger partial charge in [-0.25, -0.2) is 0 Å². The van der Waals surface area contributed by atoms with Crippen molar-refractivity contribution in [3.8, 4) is 0 Å². The predicted octanol–water partition coefficient (Wildman–Crippen LogP) is 3.07. The third-order valence-corrected chi connectivity index (χ3v) is 4.85. The number of pyridine rings is 1. The molecule has 0 radical (unpaired) electrons. The van der Waals surface area contributed by atoms with E-state index in [0.717, 1.165) is 31.4 Å². The number of hydrogen-bond donors (Lipinski definition) is 2. The van der Waals surface area contributed by atoms with E-state index in [1.165, 1.54) is 5.56 Å². The van der Waals surface area contributed by atoms with Gasteiger partial charge in [-0.2, -0.15) is 0 Å². The topological polar surface area (TPSA) is 54.0 Å². The summed E-state index contributed by atoms with van der Waals surface area (Å²) in [6.45, 7) is 0. The molecule has 0 aliphatic heterocycles. The lowest BCUT2D eigenvalue weighted by Crippen LogP contribution is -2.47. The maximum absolute atomic E-state index is 12.3. The molecule has 4 heteroatoms. The lowest BCUT2D eigenvalue weighted by Gasteiger charge is -2.34. The van der Waals surface area contributed by atoms with Crippen LogP contribution in [0.3, 0.4) is 0 Å². The Hall–Kier alpha value is -2.20. The lowest BCUT2D eigenvalue weighted by molar-refractivity contribution is -0.126. The highest BCUT2D eigenvalue weighted by molar-refractivity contribution is 5.79. The zero-order chi connectivity index (χ0) is 16.8. The molecule has 3 atom stereocenters. The molecule has 1 fully saturated rings. The molecule has 126 valence electrons. The molecule has 1 aromatic carbocycles. The summed E-state index contributed by atoms with van der Waals surface area (Å²) in [6.07, 6.45) is 6.07. The SMILES string of the molecule is CNC(=O)[C@@H]1CCCC[C@H]1N[C@@H](c1ccccc1)c1ccccn1. The van der Waals surface area contributed by atoms with Crippen molar-refractivity contribution in [3.63, 3.8) is 0 Å². The van der Waals surface area contributed by atoms with Crippen LogP contribution in [-0.2, 0) is 4.79 Å². The number of carbonyl (C=O) groups excluding carboxylic acids is 1. The van der Waals surface area contributed by atoms with Crippen molar-refractivity contribution in [2.45, 2.75) is 37.8 Å². The van der Waals surface area contributed by atoms with Crippen LogP contribution in [-0.4, -0.2) is 24.0 Å². The van der Waals surface area contributed by atoms with E-state index < -0.39 is 0 Å². The minimum absolute atomic E-state index is 0.00246. The number of benzene rings is 1. The van der Waals surface area contributed by atoms with Gasteiger partial charge in [0.15, 0.2) is 0 Å². The highest BCUT2D eigenvalue weighted by atomic mass is 16.1. The summed E-state index contributed by atoms with van der Waals surface area (Å²) in [6, 6.07) is 16.5. The van der Waals surface area contributed by atoms with E-state index in [9.17, 15) is 4.79 Å². The predicted molar refractivity (Wildman–Crippen MR) is 95.5 cm³/mol. The first kappa shape index (κ1) is 16.7. The summed E-state index contributed by atoms with van der Waals surface area (Å²) in [5.74, 6) is 0.165. The van der Waals surface area contributed by atoms with Crippen LogP contribution in [0.5, 0.6) is 0 Å². The monoisotopic (exact) mass is 323 g/mol. The Morgan fingerprint density at radius 2 is 1.83 bits per heavy atom. The van der Waals surface area contributed by atoms with Crippen molar-refractivity contribution in [2.24, 2.45) is 5.92 Å². The molecule has 1 aromatic heterocycles. The van der Waals surface area contributed by atoms with Crippen LogP contribution >= 0.6 is 0 Å². The fraction of sp³-hybridized carbons (Fsp3) is 0.400. The molecule has 0 unspecified atom stereocenters. The number of aromatic nitrogens is 1. The molecule has 3 rings (SSSR count). The number of carbonyl (C=O) groups is 1. The summed E-state index contributed by atoms with van der Waals surface area (Å²) in [5, 5.41) is 6.55. The van der Waals surface area contributed by atoms with Gasteiger partial charge in [-0.3, -0.25) is 9.78 Å². The molecule has 0 bridgehead atoms. The largest absolute Gasteiger partial charge is 0.359 e. The molecule has 1 amide bonds. The molecular weight excluding hydrogens is 298 g/mol. The Bertz CT molecular complexity index is 605. The van der Waals surface area contributed by atoms with Crippen molar-refractivity contribution in [2.75, 3.05) is 7.05 Å². The van der Waals surface area contributed by atoms with Gasteiger partial charge >= 0.3 is 0 Å². The van der Waals surface area contributed by atoms with Crippen LogP contribution in [0.1, 0.15) is 43.0 Å². The van der Waals surface area contributed by atoms with Gasteiger partial charge in [-0.1, -0.05) is 49.2 Å². The molecule has 24 heavy (non-hydrogen) atoms. The maximum Gasteiger partial charge on any atom is 0.224 e. The normalized spacial score (nSPS) is 21.9. The lowest BCUT2D eigenvalue weighted by atomic mass is 9.83. The minimum atomic E-state index is 0.00246. The molecule has 1 aliphatic rings. The van der Waals surface area contributed by atoms with Crippen molar-refractivity contribution in [1.29, 1.82) is 0 Å². The van der Waals surface area contributed by atoms with E-state index in [1.807, 2.05) is 42.6 Å². The van der Waals surface area contributed by atoms with Crippen LogP contribution in [0.25, 0.3) is 0 Å². The standard InChI is InChI=1S/C20H25N3O/c1-21-20(24)16-11-5-6-12-17(16)23-19(15-9-3-2-4-10-15)18-13-7-8-14-22-18/h2-4,7-10,13-14,16-17,19,23H,5-6,11-12H2,1H3,(H,21,24)/t16-,17-,19+/m1/s1. The first-order valence-corrected chi connectivity index (χ1v) is 8.73. The minimum Gasteiger partial charge on any atom is -0.359 e. The fourth-order valence-corrected chi connectivity index (χ4v) is 3.59. The third kappa shape index (κ3) is 3.82. The molecule has 1 aliphatic carbocycles. The summed E-state index contributed by atoms with van der Waals surface area (Å²) in [5.41, 5.74) is 2.17. The first-order chi connectivity index (χ1) is 11.8. The van der Waals surface area contributed by atoms with E-state index in [4.69, 9.17) is 0 Å². The van der Waals surface area contributed by atoms with Crippen LogP contribution in [0.2, 0.25) is 0 Å². The zero-order valence-corrected chi connectivity index (χ0v) is 14.1. The van der Waals surface area contributed by atoms with Crippen LogP contribution in [0, 0.1) is 5.92 Å². The van der Waals surface area contributed by atoms with Gasteiger partial charge in [-0.15, -0.1) is 0 Å². The number of nitrogens with zero attached hydrogens (tertiary/aromatic N) is 1. The second-order valence-electron chi connectivity index (χ2n) is 6.38. The second kappa shape index (κ2) is 8.06. The van der Waals surface area contributed by atoms with E-state index in [2.05, 4.69) is 27.8 Å². The Morgan fingerprint density at radius 3 is 2.54 bits per heavy atom. The summed E-state index contributed by atoms with van der Waals surface area (Å²) in [7, 11) is 1.72. The fourth-order valence-electron chi connectivity index (χ4n) is 3.59. The Labute approximate surface area is 143 Å². The van der Waals surface area contributed by atoms with Gasteiger partial charge in [0, 0.05) is 19.3 Å². The molecule has 1 heterocycles. The number of nitrogens with one attached hydrogen (secondary N) is 2. The van der Waals surface area contributed by atoms with Crippen molar-refractivity contribution < 1.29 is 4.79 Å². The molecule has 2 aromatic rings. The average molecular weight is 323 g/mol. The van der Waals surface area contributed by atoms with Crippen molar-refractivity contribution in [1.82, 2.24) is 15.6 Å². The third-order valence-electron chi connectivity index (χ3n) is 4.85. The highest BCUT2D eigenvalue weighted by Crippen LogP contribution is 2.29. The Balaban J connectivity index is 1.87. The van der Waals surface area contributed by atoms with Crippen LogP contribution in [0.15, 0.2) is 54.7 Å². The van der Waals surface area contributed by atoms with Gasteiger partial charge in [0.25, 0.3) is 0 Å². The average Bonchev–Trinajstić information content (AvgIpc) is 2.67. The molecule has 1 saturated carbocycles. The quantitative estimate of drug-likeness (QED) is 0.889. The number of rotatable bonds is 5. The molecule has 0 spiro atoms. The van der Waals surface area contributed by atoms with Gasteiger partial charge in [-0.05, 0) is 30.5 Å². The first-order valence-electron chi connectivity index (χ1n) is 8.73. The van der Waals surface area contributed by atoms with Gasteiger partial charge in [0.1, 0.15) is 0 Å². The summed E-state index contributed by atoms with van der Waals surface area (Å²) in [4.78, 5) is 16.8. The van der Waals surface area contributed by atoms with E-state index in [-0.39, 0.29) is 23.9 Å². The van der Waals surface area contributed by atoms with Gasteiger partial charge < -0.3 is 10.6 Å². The second-order valence-corrected chi connectivity index (χ2v) is 6.38. The number of hydrogen-bond acceptors (Lipinski definition) is 3. The van der Waals surface area contributed by atoms with E-state index >= 15 is 0 Å². The van der Waals surface area contributed by atoms with Gasteiger partial charge in [0.05, 0.1) is 17.7 Å². The Morgan fingerprint density at radius 1 is 1.08 bits per heavy atom. The zero-order valence-electron chi connectivity index (χ0n) is 14.1. The molecule has 0 saturated heterocycles. The Kier molecular flexibility index (Phi) is 5.59. The molecule has 2 N–H and O–H groups in total. The van der Waals surface area contributed by atoms with E-state index in [0.29, 0.717) is 0 Å². The highest BCUT2D eigenvalue weighted by Gasteiger charge is 2.32. The molecular formula is C20H25N3O. The van der Waals surface area contributed by atoms with Crippen LogP contribution < -0.4 is 10.6 Å². The smallest absolute Gasteiger partial charge is 0.224 e. The molecule has 4 nitrogen and oxygen atoms in total. The number of amides is 1. The van der Waals surface area contributed by atoms with Crippen molar-refractivity contribution in [3.05, 3.63) is 66.0 Å². The van der Waals surface area contributed by atoms with Crippen molar-refractivity contribution >= 4 is 5.91 Å². The summed E-state index contributed by atoms with van der Waals surface area (Å²) < 4.78 is 0. The van der Waals surface area contributed by atoms with Gasteiger partial charge in [0.2, 0.25) is 5.91 Å².